The molecule has 3 aromatic heterocycles. The summed E-state index contributed by atoms with van der Waals surface area (Å²) in [6.07, 6.45) is 4.59. The van der Waals surface area contributed by atoms with Crippen molar-refractivity contribution >= 4 is 11.1 Å². The summed E-state index contributed by atoms with van der Waals surface area (Å²) in [6, 6.07) is 7.39. The highest BCUT2D eigenvalue weighted by Gasteiger charge is 2.12. The molecule has 0 bridgehead atoms. The lowest BCUT2D eigenvalue weighted by molar-refractivity contribution is 0.467. The number of nitrogens with zero attached hydrogens (tertiary/aromatic N) is 3. The molecular formula is C18H14N4O3. The van der Waals surface area contributed by atoms with E-state index in [0.717, 1.165) is 16.7 Å². The second kappa shape index (κ2) is 5.86. The van der Waals surface area contributed by atoms with Gasteiger partial charge in [-0.2, -0.15) is 5.10 Å². The molecule has 4 aromatic rings. The molecule has 1 N–H and O–H groups in total. The highest BCUT2D eigenvalue weighted by Crippen LogP contribution is 2.31. The highest BCUT2D eigenvalue weighted by molar-refractivity contribution is 5.79. The average Bonchev–Trinajstić information content (AvgIpc) is 3.08. The minimum Gasteiger partial charge on any atom is -0.446 e. The van der Waals surface area contributed by atoms with Crippen molar-refractivity contribution in [2.75, 3.05) is 0 Å². The Balaban J connectivity index is 1.72. The van der Waals surface area contributed by atoms with Gasteiger partial charge >= 0.3 is 0 Å². The van der Waals surface area contributed by atoms with E-state index in [1.165, 1.54) is 6.33 Å². The average molecular weight is 334 g/mol. The van der Waals surface area contributed by atoms with Crippen molar-refractivity contribution in [1.29, 1.82) is 0 Å². The van der Waals surface area contributed by atoms with Gasteiger partial charge in [0, 0.05) is 11.1 Å². The van der Waals surface area contributed by atoms with Crippen molar-refractivity contribution in [3.8, 4) is 22.8 Å². The first-order valence-electron chi connectivity index (χ1n) is 7.65. The zero-order chi connectivity index (χ0) is 17.4. The topological polar surface area (TPSA) is 93.9 Å². The van der Waals surface area contributed by atoms with E-state index in [-0.39, 0.29) is 5.56 Å². The zero-order valence-corrected chi connectivity index (χ0v) is 13.6. The summed E-state index contributed by atoms with van der Waals surface area (Å²) >= 11 is 0. The molecule has 25 heavy (non-hydrogen) atoms. The predicted octanol–water partition coefficient (Wildman–Crippen LogP) is 3.38. The summed E-state index contributed by atoms with van der Waals surface area (Å²) in [7, 11) is 0. The first kappa shape index (κ1) is 15.1. The SMILES string of the molecule is Cc1cc(Oc2ncnc3occc23)ccc1-c1cn[nH]c(=O)c1C. The number of benzene rings is 1. The fourth-order valence-electron chi connectivity index (χ4n) is 2.69. The van der Waals surface area contributed by atoms with E-state index in [1.54, 1.807) is 25.5 Å². The zero-order valence-electron chi connectivity index (χ0n) is 13.6. The molecule has 4 rings (SSSR count). The predicted molar refractivity (Wildman–Crippen MR) is 91.6 cm³/mol. The molecule has 0 atom stereocenters. The Morgan fingerprint density at radius 2 is 2.00 bits per heavy atom. The molecule has 1 aromatic carbocycles. The normalized spacial score (nSPS) is 11.0. The highest BCUT2D eigenvalue weighted by atomic mass is 16.5. The van der Waals surface area contributed by atoms with E-state index in [0.29, 0.717) is 28.3 Å². The molecule has 0 aliphatic rings. The number of H-pyrrole nitrogens is 1. The first-order valence-corrected chi connectivity index (χ1v) is 7.65. The summed E-state index contributed by atoms with van der Waals surface area (Å²) in [5.74, 6) is 1.07. The molecule has 0 radical (unpaired) electrons. The van der Waals surface area contributed by atoms with Gasteiger partial charge in [-0.3, -0.25) is 4.79 Å². The van der Waals surface area contributed by atoms with Crippen molar-refractivity contribution in [3.63, 3.8) is 0 Å². The summed E-state index contributed by atoms with van der Waals surface area (Å²) in [5.41, 5.74) is 3.60. The van der Waals surface area contributed by atoms with Crippen LogP contribution in [0, 0.1) is 13.8 Å². The molecular weight excluding hydrogens is 320 g/mol. The molecule has 0 spiro atoms. The molecule has 3 heterocycles. The van der Waals surface area contributed by atoms with Gasteiger partial charge in [0.2, 0.25) is 11.6 Å². The number of aryl methyl sites for hydroxylation is 1. The van der Waals surface area contributed by atoms with Gasteiger partial charge in [0.25, 0.3) is 5.56 Å². The lowest BCUT2D eigenvalue weighted by Crippen LogP contribution is -2.12. The van der Waals surface area contributed by atoms with Crippen LogP contribution in [0.2, 0.25) is 0 Å². The van der Waals surface area contributed by atoms with Crippen molar-refractivity contribution in [2.45, 2.75) is 13.8 Å². The Bertz CT molecular complexity index is 1130. The van der Waals surface area contributed by atoms with Gasteiger partial charge in [0.05, 0.1) is 12.5 Å². The number of ether oxygens (including phenoxy) is 1. The number of aromatic amines is 1. The van der Waals surface area contributed by atoms with E-state index < -0.39 is 0 Å². The van der Waals surface area contributed by atoms with Crippen LogP contribution in [0.25, 0.3) is 22.2 Å². The van der Waals surface area contributed by atoms with E-state index in [2.05, 4.69) is 20.2 Å². The van der Waals surface area contributed by atoms with Gasteiger partial charge in [0.1, 0.15) is 17.5 Å². The van der Waals surface area contributed by atoms with Crippen molar-refractivity contribution < 1.29 is 9.15 Å². The van der Waals surface area contributed by atoms with E-state index in [1.807, 2.05) is 25.1 Å². The van der Waals surface area contributed by atoms with Crippen LogP contribution < -0.4 is 10.3 Å². The number of hydrogen-bond donors (Lipinski definition) is 1. The number of aromatic nitrogens is 4. The molecule has 0 aliphatic carbocycles. The van der Waals surface area contributed by atoms with Crippen LogP contribution in [0.5, 0.6) is 11.6 Å². The first-order chi connectivity index (χ1) is 12.1. The molecule has 124 valence electrons. The third-order valence-electron chi connectivity index (χ3n) is 4.03. The molecule has 0 fully saturated rings. The second-order valence-electron chi connectivity index (χ2n) is 5.63. The quantitative estimate of drug-likeness (QED) is 0.617. The monoisotopic (exact) mass is 334 g/mol. The van der Waals surface area contributed by atoms with Gasteiger partial charge < -0.3 is 9.15 Å². The van der Waals surface area contributed by atoms with Crippen molar-refractivity contribution in [3.05, 3.63) is 64.5 Å². The van der Waals surface area contributed by atoms with Crippen LogP contribution in [0.4, 0.5) is 0 Å². The molecule has 0 saturated carbocycles. The van der Waals surface area contributed by atoms with Crippen LogP contribution >= 0.6 is 0 Å². The number of rotatable bonds is 3. The van der Waals surface area contributed by atoms with Crippen LogP contribution in [-0.2, 0) is 0 Å². The van der Waals surface area contributed by atoms with E-state index in [9.17, 15) is 4.79 Å². The lowest BCUT2D eigenvalue weighted by Gasteiger charge is -2.11. The fourth-order valence-corrected chi connectivity index (χ4v) is 2.69. The summed E-state index contributed by atoms with van der Waals surface area (Å²) in [6.45, 7) is 3.73. The summed E-state index contributed by atoms with van der Waals surface area (Å²) < 4.78 is 11.1. The Kier molecular flexibility index (Phi) is 3.53. The Hall–Kier alpha value is -3.48. The summed E-state index contributed by atoms with van der Waals surface area (Å²) in [5, 5.41) is 7.03. The Morgan fingerprint density at radius 3 is 2.84 bits per heavy atom. The lowest BCUT2D eigenvalue weighted by atomic mass is 9.99. The molecule has 7 heteroatoms. The maximum atomic E-state index is 11.8. The van der Waals surface area contributed by atoms with Crippen molar-refractivity contribution in [2.24, 2.45) is 0 Å². The molecule has 0 saturated heterocycles. The number of furan rings is 1. The van der Waals surface area contributed by atoms with Crippen LogP contribution in [0.1, 0.15) is 11.1 Å². The molecule has 7 nitrogen and oxygen atoms in total. The van der Waals surface area contributed by atoms with Crippen LogP contribution in [0.3, 0.4) is 0 Å². The largest absolute Gasteiger partial charge is 0.446 e. The van der Waals surface area contributed by atoms with Gasteiger partial charge in [-0.25, -0.2) is 15.1 Å². The van der Waals surface area contributed by atoms with E-state index >= 15 is 0 Å². The third kappa shape index (κ3) is 2.65. The number of hydrogen-bond acceptors (Lipinski definition) is 6. The van der Waals surface area contributed by atoms with Gasteiger partial charge in [-0.1, -0.05) is 6.07 Å². The Morgan fingerprint density at radius 1 is 1.12 bits per heavy atom. The maximum Gasteiger partial charge on any atom is 0.267 e. The Labute approximate surface area is 142 Å². The van der Waals surface area contributed by atoms with Crippen LogP contribution in [0.15, 0.2) is 52.3 Å². The number of fused-ring (bicyclic) bond motifs is 1. The van der Waals surface area contributed by atoms with Crippen molar-refractivity contribution in [1.82, 2.24) is 20.2 Å². The fraction of sp³-hybridized carbons (Fsp3) is 0.111. The standard InChI is InChI=1S/C18H14N4O3/c1-10-7-12(25-18-14-5-6-24-17(14)19-9-20-18)3-4-13(10)15-8-21-22-16(23)11(15)2/h3-9H,1-2H3,(H,22,23). The minimum absolute atomic E-state index is 0.194. The second-order valence-corrected chi connectivity index (χ2v) is 5.63. The number of nitrogens with one attached hydrogen (secondary N) is 1. The maximum absolute atomic E-state index is 11.8. The molecule has 0 unspecified atom stereocenters. The van der Waals surface area contributed by atoms with Crippen LogP contribution in [-0.4, -0.2) is 20.2 Å². The smallest absolute Gasteiger partial charge is 0.267 e. The van der Waals surface area contributed by atoms with E-state index in [4.69, 9.17) is 9.15 Å². The van der Waals surface area contributed by atoms with Gasteiger partial charge in [-0.05, 0) is 43.2 Å². The minimum atomic E-state index is -0.194. The van der Waals surface area contributed by atoms with Gasteiger partial charge in [0.15, 0.2) is 0 Å². The molecule has 0 aliphatic heterocycles. The molecule has 0 amide bonds. The van der Waals surface area contributed by atoms with Gasteiger partial charge in [-0.15, -0.1) is 0 Å². The third-order valence-corrected chi connectivity index (χ3v) is 4.03. The summed E-state index contributed by atoms with van der Waals surface area (Å²) in [4.78, 5) is 20.0.